The molecule has 3 nitrogen and oxygen atoms in total. The average Bonchev–Trinajstić information content (AvgIpc) is 2.24. The highest BCUT2D eigenvalue weighted by Gasteiger charge is 2.21. The van der Waals surface area contributed by atoms with Gasteiger partial charge in [0.05, 0.1) is 6.61 Å². The molecule has 0 aromatic carbocycles. The van der Waals surface area contributed by atoms with Gasteiger partial charge in [-0.2, -0.15) is 0 Å². The summed E-state index contributed by atoms with van der Waals surface area (Å²) in [4.78, 5) is 2.47. The van der Waals surface area contributed by atoms with E-state index in [4.69, 9.17) is 4.74 Å². The first kappa shape index (κ1) is 12.0. The zero-order valence-electron chi connectivity index (χ0n) is 9.21. The molecule has 1 aliphatic rings. The van der Waals surface area contributed by atoms with Crippen LogP contribution in [0, 0.1) is 0 Å². The summed E-state index contributed by atoms with van der Waals surface area (Å²) in [6.07, 6.45) is 5.83. The topological polar surface area (TPSA) is 32.4 Å². The third-order valence-electron chi connectivity index (χ3n) is 2.99. The van der Waals surface area contributed by atoms with Crippen LogP contribution in [0.3, 0.4) is 0 Å². The Morgan fingerprint density at radius 1 is 1.43 bits per heavy atom. The minimum absolute atomic E-state index is 0.0630. The van der Waals surface area contributed by atoms with Crippen LogP contribution in [-0.4, -0.2) is 44.4 Å². The lowest BCUT2D eigenvalue weighted by Crippen LogP contribution is -2.40. The Hall–Kier alpha value is -0.120. The highest BCUT2D eigenvalue weighted by atomic mass is 16.5. The van der Waals surface area contributed by atoms with Crippen LogP contribution in [0.5, 0.6) is 0 Å². The van der Waals surface area contributed by atoms with Crippen LogP contribution in [0.4, 0.5) is 0 Å². The smallest absolute Gasteiger partial charge is 0.0834 e. The van der Waals surface area contributed by atoms with Gasteiger partial charge in [0.2, 0.25) is 0 Å². The Balaban J connectivity index is 2.26. The summed E-state index contributed by atoms with van der Waals surface area (Å²) >= 11 is 0. The molecule has 1 saturated heterocycles. The average molecular weight is 200 g/mol. The van der Waals surface area contributed by atoms with E-state index in [9.17, 15) is 5.11 Å². The van der Waals surface area contributed by atoms with Crippen molar-refractivity contribution in [2.24, 2.45) is 0 Å². The molecular formula is C11H22NO2. The molecule has 0 aromatic heterocycles. The van der Waals surface area contributed by atoms with E-state index in [2.05, 4.69) is 4.90 Å². The summed E-state index contributed by atoms with van der Waals surface area (Å²) < 4.78 is 5.11. The summed E-state index contributed by atoms with van der Waals surface area (Å²) in [5, 5.41) is 10.4. The van der Waals surface area contributed by atoms with Crippen LogP contribution in [0.2, 0.25) is 0 Å². The van der Waals surface area contributed by atoms with Gasteiger partial charge in [-0.3, -0.25) is 0 Å². The van der Waals surface area contributed by atoms with Gasteiger partial charge in [0.15, 0.2) is 0 Å². The van der Waals surface area contributed by atoms with Crippen molar-refractivity contribution < 1.29 is 9.84 Å². The molecule has 3 heteroatoms. The van der Waals surface area contributed by atoms with Gasteiger partial charge in [-0.1, -0.05) is 6.42 Å². The van der Waals surface area contributed by atoms with E-state index in [-0.39, 0.29) is 6.61 Å². The van der Waals surface area contributed by atoms with Crippen molar-refractivity contribution in [1.82, 2.24) is 4.90 Å². The Labute approximate surface area is 87.1 Å². The van der Waals surface area contributed by atoms with Crippen molar-refractivity contribution in [2.45, 2.75) is 38.1 Å². The molecule has 83 valence electrons. The van der Waals surface area contributed by atoms with Crippen molar-refractivity contribution in [3.05, 3.63) is 0 Å². The second kappa shape index (κ2) is 7.21. The standard InChI is InChI=1S/C11H22NO2/c1-14-10-6-11-5-2-3-7-12(11)8-4-9-13/h11H,2-10H2,1H3. The minimum atomic E-state index is 0.0630. The van der Waals surface area contributed by atoms with Crippen LogP contribution in [0.15, 0.2) is 0 Å². The third kappa shape index (κ3) is 3.95. The number of hydrogen-bond acceptors (Lipinski definition) is 2. The molecule has 14 heavy (non-hydrogen) atoms. The summed E-state index contributed by atoms with van der Waals surface area (Å²) in [6.45, 7) is 3.07. The second-order valence-corrected chi connectivity index (χ2v) is 4.02. The van der Waals surface area contributed by atoms with Crippen molar-refractivity contribution in [2.75, 3.05) is 33.4 Å². The van der Waals surface area contributed by atoms with Gasteiger partial charge in [0.25, 0.3) is 0 Å². The van der Waals surface area contributed by atoms with Gasteiger partial charge in [-0.25, -0.2) is 5.11 Å². The van der Waals surface area contributed by atoms with Crippen LogP contribution < -0.4 is 0 Å². The lowest BCUT2D eigenvalue weighted by molar-refractivity contribution is 0.0900. The molecule has 1 atom stereocenters. The monoisotopic (exact) mass is 200 g/mol. The first-order chi connectivity index (χ1) is 6.88. The number of nitrogens with zero attached hydrogens (tertiary/aromatic N) is 1. The quantitative estimate of drug-likeness (QED) is 0.653. The van der Waals surface area contributed by atoms with Crippen molar-refractivity contribution in [3.8, 4) is 0 Å². The van der Waals surface area contributed by atoms with Crippen LogP contribution >= 0.6 is 0 Å². The van der Waals surface area contributed by atoms with Crippen molar-refractivity contribution in [1.29, 1.82) is 0 Å². The van der Waals surface area contributed by atoms with E-state index in [1.165, 1.54) is 25.8 Å². The number of piperidine rings is 1. The fourth-order valence-corrected chi connectivity index (χ4v) is 2.20. The molecule has 0 amide bonds. The van der Waals surface area contributed by atoms with Gasteiger partial charge in [-0.05, 0) is 32.2 Å². The molecule has 0 spiro atoms. The van der Waals surface area contributed by atoms with Crippen LogP contribution in [0.1, 0.15) is 32.1 Å². The summed E-state index contributed by atoms with van der Waals surface area (Å²) in [5.74, 6) is 0. The molecule has 1 heterocycles. The largest absolute Gasteiger partial charge is 0.385 e. The molecule has 1 rings (SSSR count). The Kier molecular flexibility index (Phi) is 6.15. The molecule has 0 N–H and O–H groups in total. The van der Waals surface area contributed by atoms with E-state index < -0.39 is 0 Å². The van der Waals surface area contributed by atoms with E-state index in [1.54, 1.807) is 7.11 Å². The SMILES string of the molecule is COCCC1CCCCN1CCC[O]. The van der Waals surface area contributed by atoms with Gasteiger partial charge >= 0.3 is 0 Å². The Morgan fingerprint density at radius 2 is 2.29 bits per heavy atom. The molecule has 1 aliphatic heterocycles. The lowest BCUT2D eigenvalue weighted by Gasteiger charge is -2.35. The highest BCUT2D eigenvalue weighted by molar-refractivity contribution is 4.76. The zero-order valence-corrected chi connectivity index (χ0v) is 9.21. The van der Waals surface area contributed by atoms with E-state index in [0.717, 1.165) is 26.0 Å². The van der Waals surface area contributed by atoms with Gasteiger partial charge < -0.3 is 9.64 Å². The predicted octanol–water partition coefficient (Wildman–Crippen LogP) is 1.70. The van der Waals surface area contributed by atoms with Crippen molar-refractivity contribution in [3.63, 3.8) is 0 Å². The highest BCUT2D eigenvalue weighted by Crippen LogP contribution is 2.19. The van der Waals surface area contributed by atoms with Gasteiger partial charge in [-0.15, -0.1) is 0 Å². The number of methoxy groups -OCH3 is 1. The second-order valence-electron chi connectivity index (χ2n) is 4.02. The van der Waals surface area contributed by atoms with Crippen molar-refractivity contribution >= 4 is 0 Å². The van der Waals surface area contributed by atoms with Gasteiger partial charge in [0, 0.05) is 26.3 Å². The lowest BCUT2D eigenvalue weighted by atomic mass is 9.99. The minimum Gasteiger partial charge on any atom is -0.385 e. The summed E-state index contributed by atoms with van der Waals surface area (Å²) in [6, 6.07) is 0.662. The molecular weight excluding hydrogens is 178 g/mol. The molecule has 1 unspecified atom stereocenters. The Bertz CT molecular complexity index is 125. The summed E-state index contributed by atoms with van der Waals surface area (Å²) in [5.41, 5.74) is 0. The fraction of sp³-hybridized carbons (Fsp3) is 1.00. The predicted molar refractivity (Wildman–Crippen MR) is 55.9 cm³/mol. The first-order valence-electron chi connectivity index (χ1n) is 5.69. The third-order valence-corrected chi connectivity index (χ3v) is 2.99. The maximum absolute atomic E-state index is 10.4. The maximum Gasteiger partial charge on any atom is 0.0834 e. The summed E-state index contributed by atoms with van der Waals surface area (Å²) in [7, 11) is 1.75. The molecule has 0 saturated carbocycles. The molecule has 0 bridgehead atoms. The number of ether oxygens (including phenoxy) is 1. The van der Waals surface area contributed by atoms with E-state index in [0.29, 0.717) is 6.04 Å². The number of hydrogen-bond donors (Lipinski definition) is 0. The zero-order chi connectivity index (χ0) is 10.2. The van der Waals surface area contributed by atoms with Gasteiger partial charge in [0.1, 0.15) is 0 Å². The number of rotatable bonds is 6. The van der Waals surface area contributed by atoms with E-state index in [1.807, 2.05) is 0 Å². The first-order valence-corrected chi connectivity index (χ1v) is 5.69. The van der Waals surface area contributed by atoms with E-state index >= 15 is 0 Å². The molecule has 1 fully saturated rings. The molecule has 0 aromatic rings. The number of likely N-dealkylation sites (tertiary alicyclic amines) is 1. The maximum atomic E-state index is 10.4. The fourth-order valence-electron chi connectivity index (χ4n) is 2.20. The van der Waals surface area contributed by atoms with Crippen LogP contribution in [0.25, 0.3) is 0 Å². The molecule has 1 radical (unpaired) electrons. The van der Waals surface area contributed by atoms with Crippen LogP contribution in [-0.2, 0) is 9.84 Å². The molecule has 0 aliphatic carbocycles. The Morgan fingerprint density at radius 3 is 3.00 bits per heavy atom. The normalized spacial score (nSPS) is 24.0.